The molecule has 1 amide bonds. The molecule has 15 nitrogen and oxygen atoms in total. The number of aliphatic hydroxyl groups is 5. The summed E-state index contributed by atoms with van der Waals surface area (Å²) in [5.74, 6) is 0. The van der Waals surface area contributed by atoms with Crippen molar-refractivity contribution < 1.29 is 67.0 Å². The molecule has 0 aromatic rings. The van der Waals surface area contributed by atoms with Gasteiger partial charge in [0.05, 0.1) is 25.9 Å². The van der Waals surface area contributed by atoms with Gasteiger partial charge in [-0.3, -0.25) is 13.7 Å². The van der Waals surface area contributed by atoms with E-state index < -0.39 is 71.2 Å². The van der Waals surface area contributed by atoms with Crippen molar-refractivity contribution in [2.24, 2.45) is 0 Å². The van der Waals surface area contributed by atoms with Gasteiger partial charge in [-0.05, 0) is 53.4 Å². The average molecular weight is 674 g/mol. The van der Waals surface area contributed by atoms with Gasteiger partial charge in [0.1, 0.15) is 37.6 Å². The molecule has 1 aliphatic heterocycles. The Bertz CT molecular complexity index is 1060. The number of rotatable bonds is 20. The number of alkyl carbamates (subject to hydrolysis) is 1. The highest BCUT2D eigenvalue weighted by atomic mass is 31.3. The van der Waals surface area contributed by atoms with E-state index in [-0.39, 0.29) is 19.8 Å². The van der Waals surface area contributed by atoms with Crippen LogP contribution in [0.25, 0.3) is 0 Å². The second-order valence-corrected chi connectivity index (χ2v) is 14.6. The van der Waals surface area contributed by atoms with Crippen LogP contribution in [0.4, 0.5) is 4.79 Å². The molecular formula is C27H49NO14P2. The van der Waals surface area contributed by atoms with E-state index in [0.717, 1.165) is 24.8 Å². The van der Waals surface area contributed by atoms with Crippen molar-refractivity contribution in [3.05, 3.63) is 34.9 Å². The first-order chi connectivity index (χ1) is 20.7. The Kier molecular flexibility index (Phi) is 19.0. The van der Waals surface area contributed by atoms with Crippen molar-refractivity contribution in [1.29, 1.82) is 0 Å². The molecule has 256 valence electrons. The molecule has 0 radical (unpaired) electrons. The van der Waals surface area contributed by atoms with Crippen molar-refractivity contribution >= 4 is 21.3 Å². The molecule has 0 bridgehead atoms. The van der Waals surface area contributed by atoms with Crippen LogP contribution >= 0.6 is 15.2 Å². The van der Waals surface area contributed by atoms with Crippen LogP contribution < -0.4 is 5.32 Å². The van der Waals surface area contributed by atoms with Crippen LogP contribution in [0.3, 0.4) is 0 Å². The molecule has 1 aliphatic rings. The fourth-order valence-electron chi connectivity index (χ4n) is 3.90. The van der Waals surface area contributed by atoms with Crippen LogP contribution in [0.5, 0.6) is 0 Å². The molecule has 17 heteroatoms. The summed E-state index contributed by atoms with van der Waals surface area (Å²) in [5, 5.41) is 52.4. The zero-order valence-electron chi connectivity index (χ0n) is 26.0. The molecule has 0 spiro atoms. The molecule has 1 fully saturated rings. The molecule has 44 heavy (non-hydrogen) atoms. The van der Waals surface area contributed by atoms with E-state index in [9.17, 15) is 39.5 Å². The van der Waals surface area contributed by atoms with Gasteiger partial charge in [-0.2, -0.15) is 0 Å². The topological polar surface area (TPSA) is 220 Å². The van der Waals surface area contributed by atoms with Gasteiger partial charge in [-0.1, -0.05) is 34.9 Å². The molecular weight excluding hydrogens is 624 g/mol. The second kappa shape index (κ2) is 20.6. The highest BCUT2D eigenvalue weighted by Crippen LogP contribution is 2.64. The van der Waals surface area contributed by atoms with Crippen molar-refractivity contribution in [2.45, 2.75) is 84.0 Å². The maximum absolute atomic E-state index is 13.2. The van der Waals surface area contributed by atoms with E-state index in [4.69, 9.17) is 27.6 Å². The van der Waals surface area contributed by atoms with E-state index in [1.807, 2.05) is 6.92 Å². The zero-order chi connectivity index (χ0) is 33.3. The maximum atomic E-state index is 13.2. The predicted molar refractivity (Wildman–Crippen MR) is 161 cm³/mol. The molecule has 0 saturated carbocycles. The summed E-state index contributed by atoms with van der Waals surface area (Å²) in [6, 6.07) is -1.39. The number of hydrogen-bond acceptors (Lipinski definition) is 14. The lowest BCUT2D eigenvalue weighted by Crippen LogP contribution is -2.64. The molecule has 0 aromatic carbocycles. The molecule has 7 atom stereocenters. The SMILES string of the molecule is COCCOC(=O)N[C@@H]1C(CO)O[C@H](O[P@@](=O)(CO)O[P@@](=O)(CO)OC/C=C(/C)CC/C=C(\C)CCC=C(C)C)C(O)[C@H]1O. The van der Waals surface area contributed by atoms with E-state index in [2.05, 4.69) is 38.2 Å². The molecule has 2 unspecified atom stereocenters. The van der Waals surface area contributed by atoms with Gasteiger partial charge in [0.25, 0.3) is 0 Å². The zero-order valence-corrected chi connectivity index (χ0v) is 27.8. The highest BCUT2D eigenvalue weighted by molar-refractivity contribution is 7.67. The van der Waals surface area contributed by atoms with Gasteiger partial charge >= 0.3 is 21.3 Å². The third-order valence-electron chi connectivity index (χ3n) is 6.38. The first kappa shape index (κ1) is 40.6. The monoisotopic (exact) mass is 673 g/mol. The number of ether oxygens (including phenoxy) is 3. The lowest BCUT2D eigenvalue weighted by atomic mass is 9.96. The summed E-state index contributed by atoms with van der Waals surface area (Å²) in [7, 11) is -7.93. The van der Waals surface area contributed by atoms with Crippen LogP contribution in [0, 0.1) is 0 Å². The Balaban J connectivity index is 2.78. The van der Waals surface area contributed by atoms with Gasteiger partial charge in [-0.25, -0.2) is 9.11 Å². The van der Waals surface area contributed by atoms with Gasteiger partial charge in [0.2, 0.25) is 0 Å². The van der Waals surface area contributed by atoms with Gasteiger partial charge in [0.15, 0.2) is 6.29 Å². The Morgan fingerprint density at radius 3 is 2.07 bits per heavy atom. The van der Waals surface area contributed by atoms with Crippen LogP contribution in [0.1, 0.15) is 53.4 Å². The second-order valence-electron chi connectivity index (χ2n) is 10.5. The fraction of sp³-hybridized carbons (Fsp3) is 0.741. The number of amides is 1. The van der Waals surface area contributed by atoms with Crippen molar-refractivity contribution in [2.75, 3.05) is 46.2 Å². The standard InChI is InChI=1S/C27H49NO14P2/c1-19(2)8-6-9-20(3)10-7-11-21(4)12-13-39-43(35,17-30)42-44(36,18-31)41-26-25(33)24(32)23(22(16-29)40-26)28-27(34)38-15-14-37-5/h8,10,12,22-26,29-33H,6-7,9,11,13-18H2,1-5H3,(H,28,34)/b20-10+,21-12-/t22?,23-,24+,25?,26-,43-,44+/m1/s1. The number of hydrogen-bond donors (Lipinski definition) is 6. The number of aliphatic hydroxyl groups excluding tert-OH is 5. The summed E-state index contributed by atoms with van der Waals surface area (Å²) >= 11 is 0. The fourth-order valence-corrected chi connectivity index (χ4v) is 7.11. The summed E-state index contributed by atoms with van der Waals surface area (Å²) < 4.78 is 56.4. The normalized spacial score (nSPS) is 25.5. The molecule has 1 heterocycles. The third-order valence-corrected chi connectivity index (χ3v) is 10.1. The predicted octanol–water partition coefficient (Wildman–Crippen LogP) is 2.92. The van der Waals surface area contributed by atoms with Crippen LogP contribution in [-0.2, 0) is 36.7 Å². The van der Waals surface area contributed by atoms with Crippen LogP contribution in [-0.4, -0.2) is 109 Å². The van der Waals surface area contributed by atoms with E-state index >= 15 is 0 Å². The number of methoxy groups -OCH3 is 1. The Morgan fingerprint density at radius 2 is 1.50 bits per heavy atom. The highest BCUT2D eigenvalue weighted by Gasteiger charge is 2.49. The number of carbonyl (C=O) groups is 1. The number of allylic oxidation sites excluding steroid dienone is 5. The van der Waals surface area contributed by atoms with E-state index in [1.165, 1.54) is 18.3 Å². The Labute approximate surface area is 258 Å². The largest absolute Gasteiger partial charge is 0.447 e. The minimum Gasteiger partial charge on any atom is -0.447 e. The quantitative estimate of drug-likeness (QED) is 0.0622. The lowest BCUT2D eigenvalue weighted by Gasteiger charge is -2.42. The van der Waals surface area contributed by atoms with Crippen molar-refractivity contribution in [3.63, 3.8) is 0 Å². The third kappa shape index (κ3) is 14.8. The van der Waals surface area contributed by atoms with Gasteiger partial charge < -0.3 is 49.6 Å². The lowest BCUT2D eigenvalue weighted by molar-refractivity contribution is -0.252. The molecule has 0 aromatic heterocycles. The molecule has 1 saturated heterocycles. The smallest absolute Gasteiger partial charge is 0.407 e. The average Bonchev–Trinajstić information content (AvgIpc) is 2.96. The molecule has 0 aliphatic carbocycles. The minimum absolute atomic E-state index is 0.0988. The summed E-state index contributed by atoms with van der Waals surface area (Å²) in [4.78, 5) is 12.0. The Hall–Kier alpha value is -1.45. The van der Waals surface area contributed by atoms with Gasteiger partial charge in [-0.15, -0.1) is 0 Å². The Morgan fingerprint density at radius 1 is 0.886 bits per heavy atom. The van der Waals surface area contributed by atoms with Crippen LogP contribution in [0.15, 0.2) is 34.9 Å². The van der Waals surface area contributed by atoms with E-state index in [1.54, 1.807) is 6.08 Å². The molecule has 6 N–H and O–H groups in total. The maximum Gasteiger partial charge on any atom is 0.407 e. The first-order valence-corrected chi connectivity index (χ1v) is 17.6. The number of carbonyl (C=O) groups excluding carboxylic acids is 1. The van der Waals surface area contributed by atoms with Crippen LogP contribution in [0.2, 0.25) is 0 Å². The van der Waals surface area contributed by atoms with E-state index in [0.29, 0.717) is 6.42 Å². The van der Waals surface area contributed by atoms with Crippen molar-refractivity contribution in [3.8, 4) is 0 Å². The first-order valence-electron chi connectivity index (χ1n) is 14.2. The number of nitrogens with one attached hydrogen (secondary N) is 1. The van der Waals surface area contributed by atoms with Gasteiger partial charge in [0, 0.05) is 7.11 Å². The summed E-state index contributed by atoms with van der Waals surface area (Å²) in [6.45, 7) is 6.93. The van der Waals surface area contributed by atoms with Crippen molar-refractivity contribution in [1.82, 2.24) is 5.32 Å². The summed E-state index contributed by atoms with van der Waals surface area (Å²) in [5.41, 5.74) is 3.44. The minimum atomic E-state index is -4.81. The molecule has 1 rings (SSSR count). The summed E-state index contributed by atoms with van der Waals surface area (Å²) in [6.07, 6.45) is -1.44.